The van der Waals surface area contributed by atoms with E-state index in [1.54, 1.807) is 11.1 Å². The summed E-state index contributed by atoms with van der Waals surface area (Å²) in [5, 5.41) is 3.69. The lowest BCUT2D eigenvalue weighted by atomic mass is 9.94. The minimum atomic E-state index is 0.604. The van der Waals surface area contributed by atoms with Crippen LogP contribution in [0.3, 0.4) is 0 Å². The number of unbranched alkanes of at least 4 members (excludes halogenated alkanes) is 3. The molecule has 1 N–H and O–H groups in total. The van der Waals surface area contributed by atoms with Crippen molar-refractivity contribution < 1.29 is 0 Å². The van der Waals surface area contributed by atoms with E-state index >= 15 is 0 Å². The quantitative estimate of drug-likeness (QED) is 0.698. The van der Waals surface area contributed by atoms with Crippen LogP contribution in [0.15, 0.2) is 24.3 Å². The third kappa shape index (κ3) is 3.14. The molecule has 18 heavy (non-hydrogen) atoms. The fourth-order valence-electron chi connectivity index (χ4n) is 3.28. The Labute approximate surface area is 112 Å². The van der Waals surface area contributed by atoms with Crippen molar-refractivity contribution in [2.75, 3.05) is 6.54 Å². The summed E-state index contributed by atoms with van der Waals surface area (Å²) in [5.74, 6) is 0.819. The minimum Gasteiger partial charge on any atom is -0.310 e. The van der Waals surface area contributed by atoms with Gasteiger partial charge in [-0.1, -0.05) is 63.8 Å². The van der Waals surface area contributed by atoms with Crippen LogP contribution in [-0.2, 0) is 6.42 Å². The Morgan fingerprint density at radius 2 is 1.94 bits per heavy atom. The van der Waals surface area contributed by atoms with Crippen molar-refractivity contribution in [3.05, 3.63) is 35.4 Å². The molecule has 0 saturated carbocycles. The summed E-state index contributed by atoms with van der Waals surface area (Å²) >= 11 is 0. The summed E-state index contributed by atoms with van der Waals surface area (Å²) in [6.07, 6.45) is 8.19. The fourth-order valence-corrected chi connectivity index (χ4v) is 3.28. The van der Waals surface area contributed by atoms with Gasteiger partial charge in [0.15, 0.2) is 0 Å². The standard InChI is InChI=1S/C17H27N/c1-3-5-6-7-11-15-13-14-10-8-9-12-16(14)17(15)18-4-2/h8-10,12,15,17-18H,3-7,11,13H2,1-2H3. The second-order valence-electron chi connectivity index (χ2n) is 5.55. The third-order valence-electron chi connectivity index (χ3n) is 4.20. The number of fused-ring (bicyclic) bond motifs is 1. The van der Waals surface area contributed by atoms with E-state index in [9.17, 15) is 0 Å². The zero-order valence-corrected chi connectivity index (χ0v) is 11.9. The first-order valence-corrected chi connectivity index (χ1v) is 7.68. The molecule has 1 aromatic rings. The normalized spacial score (nSPS) is 22.1. The van der Waals surface area contributed by atoms with Gasteiger partial charge >= 0.3 is 0 Å². The summed E-state index contributed by atoms with van der Waals surface area (Å²) in [6.45, 7) is 5.58. The van der Waals surface area contributed by atoms with Crippen LogP contribution < -0.4 is 5.32 Å². The minimum absolute atomic E-state index is 0.604. The Bertz CT molecular complexity index is 358. The summed E-state index contributed by atoms with van der Waals surface area (Å²) in [5.41, 5.74) is 3.13. The molecule has 1 heteroatoms. The monoisotopic (exact) mass is 245 g/mol. The largest absolute Gasteiger partial charge is 0.310 e. The highest BCUT2D eigenvalue weighted by Gasteiger charge is 2.30. The molecule has 0 aromatic heterocycles. The Balaban J connectivity index is 1.95. The van der Waals surface area contributed by atoms with Crippen molar-refractivity contribution in [2.45, 2.75) is 58.4 Å². The van der Waals surface area contributed by atoms with Crippen LogP contribution in [0, 0.1) is 5.92 Å². The third-order valence-corrected chi connectivity index (χ3v) is 4.20. The van der Waals surface area contributed by atoms with Gasteiger partial charge in [0, 0.05) is 6.04 Å². The van der Waals surface area contributed by atoms with Gasteiger partial charge < -0.3 is 5.32 Å². The summed E-state index contributed by atoms with van der Waals surface area (Å²) in [7, 11) is 0. The number of benzene rings is 1. The topological polar surface area (TPSA) is 12.0 Å². The molecule has 0 bridgehead atoms. The molecule has 0 saturated heterocycles. The molecule has 1 aliphatic carbocycles. The Kier molecular flexibility index (Phi) is 5.25. The molecular weight excluding hydrogens is 218 g/mol. The SMILES string of the molecule is CCCCCCC1Cc2ccccc2C1NCC. The van der Waals surface area contributed by atoms with Crippen molar-refractivity contribution in [3.63, 3.8) is 0 Å². The van der Waals surface area contributed by atoms with Gasteiger partial charge in [-0.05, 0) is 36.4 Å². The van der Waals surface area contributed by atoms with Gasteiger partial charge in [0.25, 0.3) is 0 Å². The van der Waals surface area contributed by atoms with E-state index in [0.717, 1.165) is 12.5 Å². The molecule has 0 amide bonds. The van der Waals surface area contributed by atoms with E-state index in [2.05, 4.69) is 43.4 Å². The zero-order valence-electron chi connectivity index (χ0n) is 11.9. The van der Waals surface area contributed by atoms with E-state index in [-0.39, 0.29) is 0 Å². The predicted octanol–water partition coefficient (Wildman–Crippen LogP) is 4.48. The Morgan fingerprint density at radius 3 is 2.72 bits per heavy atom. The highest BCUT2D eigenvalue weighted by molar-refractivity contribution is 5.35. The van der Waals surface area contributed by atoms with Crippen molar-refractivity contribution >= 4 is 0 Å². The molecule has 0 radical (unpaired) electrons. The molecule has 1 nitrogen and oxygen atoms in total. The zero-order chi connectivity index (χ0) is 12.8. The van der Waals surface area contributed by atoms with E-state index < -0.39 is 0 Å². The number of nitrogens with one attached hydrogen (secondary N) is 1. The molecule has 2 rings (SSSR count). The first-order chi connectivity index (χ1) is 8.86. The first kappa shape index (κ1) is 13.6. The maximum Gasteiger partial charge on any atom is 0.0354 e. The molecule has 2 unspecified atom stereocenters. The Hall–Kier alpha value is -0.820. The van der Waals surface area contributed by atoms with Crippen LogP contribution >= 0.6 is 0 Å². The maximum atomic E-state index is 3.69. The first-order valence-electron chi connectivity index (χ1n) is 7.68. The highest BCUT2D eigenvalue weighted by Crippen LogP contribution is 2.38. The number of hydrogen-bond donors (Lipinski definition) is 1. The Morgan fingerprint density at radius 1 is 1.11 bits per heavy atom. The van der Waals surface area contributed by atoms with Gasteiger partial charge in [-0.3, -0.25) is 0 Å². The van der Waals surface area contributed by atoms with Gasteiger partial charge in [-0.25, -0.2) is 0 Å². The van der Waals surface area contributed by atoms with Crippen LogP contribution in [0.2, 0.25) is 0 Å². The molecule has 1 aliphatic rings. The van der Waals surface area contributed by atoms with Crippen LogP contribution in [0.1, 0.15) is 63.1 Å². The average molecular weight is 245 g/mol. The van der Waals surface area contributed by atoms with Crippen molar-refractivity contribution in [2.24, 2.45) is 5.92 Å². The molecule has 0 spiro atoms. The molecular formula is C17H27N. The predicted molar refractivity (Wildman–Crippen MR) is 78.8 cm³/mol. The molecule has 0 fully saturated rings. The summed E-state index contributed by atoms with van der Waals surface area (Å²) in [4.78, 5) is 0. The highest BCUT2D eigenvalue weighted by atomic mass is 14.9. The smallest absolute Gasteiger partial charge is 0.0354 e. The van der Waals surface area contributed by atoms with Gasteiger partial charge in [-0.2, -0.15) is 0 Å². The van der Waals surface area contributed by atoms with Crippen LogP contribution in [0.5, 0.6) is 0 Å². The van der Waals surface area contributed by atoms with Gasteiger partial charge in [0.1, 0.15) is 0 Å². The van der Waals surface area contributed by atoms with E-state index in [1.807, 2.05) is 0 Å². The van der Waals surface area contributed by atoms with E-state index in [4.69, 9.17) is 0 Å². The van der Waals surface area contributed by atoms with E-state index in [0.29, 0.717) is 6.04 Å². The van der Waals surface area contributed by atoms with Gasteiger partial charge in [0.05, 0.1) is 0 Å². The number of hydrogen-bond acceptors (Lipinski definition) is 1. The van der Waals surface area contributed by atoms with Crippen LogP contribution in [0.4, 0.5) is 0 Å². The summed E-state index contributed by atoms with van der Waals surface area (Å²) in [6, 6.07) is 9.59. The maximum absolute atomic E-state index is 3.69. The fraction of sp³-hybridized carbons (Fsp3) is 0.647. The summed E-state index contributed by atoms with van der Waals surface area (Å²) < 4.78 is 0. The lowest BCUT2D eigenvalue weighted by Gasteiger charge is -2.21. The van der Waals surface area contributed by atoms with E-state index in [1.165, 1.54) is 38.5 Å². The average Bonchev–Trinajstić information content (AvgIpc) is 2.74. The van der Waals surface area contributed by atoms with Crippen LogP contribution in [-0.4, -0.2) is 6.54 Å². The molecule has 0 heterocycles. The molecule has 2 atom stereocenters. The molecule has 1 aromatic carbocycles. The molecule has 100 valence electrons. The lowest BCUT2D eigenvalue weighted by Crippen LogP contribution is -2.25. The van der Waals surface area contributed by atoms with Crippen molar-refractivity contribution in [1.82, 2.24) is 5.32 Å². The van der Waals surface area contributed by atoms with Gasteiger partial charge in [0.2, 0.25) is 0 Å². The van der Waals surface area contributed by atoms with Crippen molar-refractivity contribution in [3.8, 4) is 0 Å². The van der Waals surface area contributed by atoms with Gasteiger partial charge in [-0.15, -0.1) is 0 Å². The second kappa shape index (κ2) is 6.94. The number of rotatable bonds is 7. The lowest BCUT2D eigenvalue weighted by molar-refractivity contribution is 0.359. The second-order valence-corrected chi connectivity index (χ2v) is 5.55. The van der Waals surface area contributed by atoms with Crippen LogP contribution in [0.25, 0.3) is 0 Å². The molecule has 0 aliphatic heterocycles. The van der Waals surface area contributed by atoms with Crippen molar-refractivity contribution in [1.29, 1.82) is 0 Å².